The summed E-state index contributed by atoms with van der Waals surface area (Å²) in [7, 11) is 0. The van der Waals surface area contributed by atoms with Crippen molar-refractivity contribution in [3.63, 3.8) is 0 Å². The maximum atomic E-state index is 11.9. The van der Waals surface area contributed by atoms with Crippen molar-refractivity contribution < 1.29 is 18.0 Å². The standard InChI is InChI=1S/C8H6F3NO/c1-5-2-6(4-12-3-5)7(13)8(9,10)11/h2-4H,1H3. The molecule has 0 aliphatic heterocycles. The topological polar surface area (TPSA) is 30.0 Å². The Hall–Kier alpha value is -1.39. The average molecular weight is 189 g/mol. The number of alkyl halides is 3. The first-order valence-electron chi connectivity index (χ1n) is 3.44. The zero-order chi connectivity index (χ0) is 10.1. The fraction of sp³-hybridized carbons (Fsp3) is 0.250. The maximum absolute atomic E-state index is 11.9. The van der Waals surface area contributed by atoms with Crippen LogP contribution in [0.5, 0.6) is 0 Å². The van der Waals surface area contributed by atoms with Gasteiger partial charge in [0.25, 0.3) is 5.78 Å². The van der Waals surface area contributed by atoms with E-state index in [-0.39, 0.29) is 0 Å². The minimum Gasteiger partial charge on any atom is -0.284 e. The van der Waals surface area contributed by atoms with Gasteiger partial charge in [-0.3, -0.25) is 9.78 Å². The van der Waals surface area contributed by atoms with Gasteiger partial charge in [-0.15, -0.1) is 0 Å². The van der Waals surface area contributed by atoms with Gasteiger partial charge in [-0.2, -0.15) is 13.2 Å². The molecule has 0 aliphatic carbocycles. The first-order chi connectivity index (χ1) is 5.91. The third kappa shape index (κ3) is 2.27. The Morgan fingerprint density at radius 1 is 1.38 bits per heavy atom. The number of pyridine rings is 1. The largest absolute Gasteiger partial charge is 0.454 e. The van der Waals surface area contributed by atoms with Crippen LogP contribution < -0.4 is 0 Å². The van der Waals surface area contributed by atoms with Crippen molar-refractivity contribution in [1.29, 1.82) is 0 Å². The molecule has 0 saturated heterocycles. The van der Waals surface area contributed by atoms with Crippen LogP contribution in [0, 0.1) is 6.92 Å². The second-order valence-corrected chi connectivity index (χ2v) is 2.58. The first-order valence-corrected chi connectivity index (χ1v) is 3.44. The number of halogens is 3. The van der Waals surface area contributed by atoms with Crippen molar-refractivity contribution in [1.82, 2.24) is 4.98 Å². The molecule has 5 heteroatoms. The van der Waals surface area contributed by atoms with Gasteiger partial charge in [0, 0.05) is 18.0 Å². The molecule has 0 bridgehead atoms. The highest BCUT2D eigenvalue weighted by Gasteiger charge is 2.39. The van der Waals surface area contributed by atoms with Crippen LogP contribution in [0.25, 0.3) is 0 Å². The number of hydrogen-bond donors (Lipinski definition) is 0. The third-order valence-corrected chi connectivity index (χ3v) is 1.39. The molecule has 0 aliphatic rings. The molecule has 0 amide bonds. The summed E-state index contributed by atoms with van der Waals surface area (Å²) in [6, 6.07) is 1.16. The lowest BCUT2D eigenvalue weighted by Gasteiger charge is -2.04. The molecule has 0 N–H and O–H groups in total. The number of hydrogen-bond acceptors (Lipinski definition) is 2. The molecule has 70 valence electrons. The highest BCUT2D eigenvalue weighted by Crippen LogP contribution is 2.21. The van der Waals surface area contributed by atoms with Crippen molar-refractivity contribution in [2.45, 2.75) is 13.1 Å². The molecule has 0 spiro atoms. The SMILES string of the molecule is Cc1cncc(C(=O)C(F)(F)F)c1. The van der Waals surface area contributed by atoms with Crippen molar-refractivity contribution in [2.24, 2.45) is 0 Å². The normalized spacial score (nSPS) is 11.4. The van der Waals surface area contributed by atoms with E-state index in [0.717, 1.165) is 12.3 Å². The molecule has 0 atom stereocenters. The fourth-order valence-electron chi connectivity index (χ4n) is 0.843. The molecule has 13 heavy (non-hydrogen) atoms. The zero-order valence-electron chi connectivity index (χ0n) is 6.72. The number of carbonyl (C=O) groups is 1. The molecular formula is C8H6F3NO. The molecule has 0 saturated carbocycles. The number of rotatable bonds is 1. The first kappa shape index (κ1) is 9.70. The van der Waals surface area contributed by atoms with Gasteiger partial charge in [0.1, 0.15) is 0 Å². The molecule has 0 radical (unpaired) electrons. The summed E-state index contributed by atoms with van der Waals surface area (Å²) in [5.41, 5.74) is 0.0996. The van der Waals surface area contributed by atoms with E-state index >= 15 is 0 Å². The Labute approximate surface area is 72.4 Å². The minimum atomic E-state index is -4.82. The number of ketones is 1. The van der Waals surface area contributed by atoms with Crippen LogP contribution in [0.15, 0.2) is 18.5 Å². The molecule has 0 aromatic carbocycles. The summed E-state index contributed by atoms with van der Waals surface area (Å²) in [4.78, 5) is 14.2. The van der Waals surface area contributed by atoms with Crippen LogP contribution in [-0.4, -0.2) is 16.9 Å². The summed E-state index contributed by atoms with van der Waals surface area (Å²) < 4.78 is 35.7. The van der Waals surface area contributed by atoms with E-state index in [9.17, 15) is 18.0 Å². The number of aromatic nitrogens is 1. The van der Waals surface area contributed by atoms with Crippen molar-refractivity contribution >= 4 is 5.78 Å². The fourth-order valence-corrected chi connectivity index (χ4v) is 0.843. The molecule has 1 rings (SSSR count). The lowest BCUT2D eigenvalue weighted by molar-refractivity contribution is -0.0885. The van der Waals surface area contributed by atoms with Crippen LogP contribution in [-0.2, 0) is 0 Å². The summed E-state index contributed by atoms with van der Waals surface area (Å²) in [6.07, 6.45) is -2.54. The highest BCUT2D eigenvalue weighted by atomic mass is 19.4. The predicted octanol–water partition coefficient (Wildman–Crippen LogP) is 2.14. The van der Waals surface area contributed by atoms with E-state index in [1.54, 1.807) is 6.92 Å². The van der Waals surface area contributed by atoms with Crippen LogP contribution in [0.3, 0.4) is 0 Å². The average Bonchev–Trinajstić information content (AvgIpc) is 2.01. The maximum Gasteiger partial charge on any atom is 0.454 e. The van der Waals surface area contributed by atoms with Crippen molar-refractivity contribution in [3.8, 4) is 0 Å². The summed E-state index contributed by atoms with van der Waals surface area (Å²) in [6.45, 7) is 1.57. The van der Waals surface area contributed by atoms with E-state index in [4.69, 9.17) is 0 Å². The number of nitrogens with zero attached hydrogens (tertiary/aromatic N) is 1. The molecule has 1 heterocycles. The van der Waals surface area contributed by atoms with E-state index in [1.807, 2.05) is 0 Å². The van der Waals surface area contributed by atoms with E-state index in [1.165, 1.54) is 6.20 Å². The molecular weight excluding hydrogens is 183 g/mol. The number of aryl methyl sites for hydroxylation is 1. The van der Waals surface area contributed by atoms with E-state index in [0.29, 0.717) is 5.56 Å². The lowest BCUT2D eigenvalue weighted by Crippen LogP contribution is -2.22. The smallest absolute Gasteiger partial charge is 0.284 e. The van der Waals surface area contributed by atoms with Gasteiger partial charge in [0.15, 0.2) is 0 Å². The zero-order valence-corrected chi connectivity index (χ0v) is 6.72. The second kappa shape index (κ2) is 3.16. The summed E-state index contributed by atoms with van der Waals surface area (Å²) in [5, 5.41) is 0. The van der Waals surface area contributed by atoms with E-state index < -0.39 is 17.5 Å². The minimum absolute atomic E-state index is 0.424. The molecule has 2 nitrogen and oxygen atoms in total. The second-order valence-electron chi connectivity index (χ2n) is 2.58. The lowest BCUT2D eigenvalue weighted by atomic mass is 10.1. The molecule has 1 aromatic heterocycles. The Balaban J connectivity index is 3.03. The Bertz CT molecular complexity index is 332. The van der Waals surface area contributed by atoms with Crippen LogP contribution in [0.2, 0.25) is 0 Å². The predicted molar refractivity (Wildman–Crippen MR) is 39.4 cm³/mol. The van der Waals surface area contributed by atoms with Gasteiger partial charge in [0.2, 0.25) is 0 Å². The van der Waals surface area contributed by atoms with Gasteiger partial charge in [-0.1, -0.05) is 0 Å². The van der Waals surface area contributed by atoms with Crippen LogP contribution in [0.4, 0.5) is 13.2 Å². The Kier molecular flexibility index (Phi) is 2.36. The number of carbonyl (C=O) groups excluding carboxylic acids is 1. The molecule has 1 aromatic rings. The monoisotopic (exact) mass is 189 g/mol. The van der Waals surface area contributed by atoms with Gasteiger partial charge >= 0.3 is 6.18 Å². The van der Waals surface area contributed by atoms with Gasteiger partial charge in [-0.05, 0) is 18.6 Å². The van der Waals surface area contributed by atoms with Gasteiger partial charge in [-0.25, -0.2) is 0 Å². The van der Waals surface area contributed by atoms with E-state index in [2.05, 4.69) is 4.98 Å². The van der Waals surface area contributed by atoms with Crippen LogP contribution in [0.1, 0.15) is 15.9 Å². The Morgan fingerprint density at radius 2 is 2.00 bits per heavy atom. The third-order valence-electron chi connectivity index (χ3n) is 1.39. The quantitative estimate of drug-likeness (QED) is 0.633. The van der Waals surface area contributed by atoms with Gasteiger partial charge in [0.05, 0.1) is 0 Å². The molecule has 0 unspecified atom stereocenters. The summed E-state index contributed by atoms with van der Waals surface area (Å²) in [5.74, 6) is -1.86. The summed E-state index contributed by atoms with van der Waals surface area (Å²) >= 11 is 0. The Morgan fingerprint density at radius 3 is 2.46 bits per heavy atom. The van der Waals surface area contributed by atoms with Crippen molar-refractivity contribution in [2.75, 3.05) is 0 Å². The number of Topliss-reactive ketones (excluding diaryl/α,β-unsaturated/α-hetero) is 1. The van der Waals surface area contributed by atoms with Gasteiger partial charge < -0.3 is 0 Å². The van der Waals surface area contributed by atoms with Crippen LogP contribution >= 0.6 is 0 Å². The van der Waals surface area contributed by atoms with Crippen molar-refractivity contribution in [3.05, 3.63) is 29.6 Å². The molecule has 0 fully saturated rings. The highest BCUT2D eigenvalue weighted by molar-refractivity contribution is 6.00.